The molecule has 7 heteroatoms. The molecule has 2 heterocycles. The van der Waals surface area contributed by atoms with Crippen LogP contribution in [0.3, 0.4) is 0 Å². The van der Waals surface area contributed by atoms with E-state index in [0.29, 0.717) is 35.4 Å². The fraction of sp³-hybridized carbons (Fsp3) is 0.571. The first-order valence-electron chi connectivity index (χ1n) is 7.19. The molecular weight excluding hydrogens is 310 g/mol. The molecule has 2 aliphatic heterocycles. The van der Waals surface area contributed by atoms with Crippen LogP contribution in [0.4, 0.5) is 5.69 Å². The van der Waals surface area contributed by atoms with Gasteiger partial charge < -0.3 is 5.73 Å². The van der Waals surface area contributed by atoms with Gasteiger partial charge in [-0.2, -0.15) is 4.31 Å². The Hall–Kier alpha value is -0.820. The summed E-state index contributed by atoms with van der Waals surface area (Å²) in [6.07, 6.45) is 2.23. The lowest BCUT2D eigenvalue weighted by atomic mass is 10.2. The van der Waals surface area contributed by atoms with Crippen LogP contribution in [0.2, 0.25) is 5.02 Å². The van der Waals surface area contributed by atoms with Gasteiger partial charge in [-0.15, -0.1) is 0 Å². The number of nitrogens with two attached hydrogens (primary N) is 1. The number of hydrogen-bond acceptors (Lipinski definition) is 4. The van der Waals surface area contributed by atoms with Gasteiger partial charge in [-0.25, -0.2) is 8.42 Å². The minimum Gasteiger partial charge on any atom is -0.398 e. The molecule has 1 aromatic carbocycles. The van der Waals surface area contributed by atoms with Crippen molar-refractivity contribution in [1.29, 1.82) is 0 Å². The van der Waals surface area contributed by atoms with Crippen molar-refractivity contribution >= 4 is 27.3 Å². The number of anilines is 1. The van der Waals surface area contributed by atoms with E-state index in [1.54, 1.807) is 17.3 Å². The number of nitrogen functional groups attached to an aromatic ring is 1. The SMILES string of the molecule is Cc1c(N)cc(Cl)cc1S(=O)(=O)N1CCN2CCCC2C1. The van der Waals surface area contributed by atoms with Crippen molar-refractivity contribution in [3.05, 3.63) is 22.7 Å². The van der Waals surface area contributed by atoms with Crippen LogP contribution >= 0.6 is 11.6 Å². The summed E-state index contributed by atoms with van der Waals surface area (Å²) in [4.78, 5) is 2.62. The van der Waals surface area contributed by atoms with E-state index < -0.39 is 10.0 Å². The molecule has 0 saturated carbocycles. The molecule has 0 bridgehead atoms. The number of halogens is 1. The van der Waals surface area contributed by atoms with Crippen molar-refractivity contribution < 1.29 is 8.42 Å². The molecule has 1 unspecified atom stereocenters. The van der Waals surface area contributed by atoms with E-state index in [1.165, 1.54) is 6.07 Å². The maximum Gasteiger partial charge on any atom is 0.243 e. The van der Waals surface area contributed by atoms with Crippen LogP contribution in [0.15, 0.2) is 17.0 Å². The molecule has 1 atom stereocenters. The summed E-state index contributed by atoms with van der Waals surface area (Å²) in [7, 11) is -3.53. The zero-order chi connectivity index (χ0) is 15.2. The fourth-order valence-electron chi connectivity index (χ4n) is 3.26. The third-order valence-corrected chi connectivity index (χ3v) is 6.74. The van der Waals surface area contributed by atoms with Gasteiger partial charge in [0.15, 0.2) is 0 Å². The molecule has 5 nitrogen and oxygen atoms in total. The summed E-state index contributed by atoms with van der Waals surface area (Å²) in [6, 6.07) is 3.44. The molecule has 0 spiro atoms. The van der Waals surface area contributed by atoms with E-state index in [4.69, 9.17) is 17.3 Å². The molecule has 2 N–H and O–H groups in total. The van der Waals surface area contributed by atoms with Gasteiger partial charge in [0.05, 0.1) is 4.90 Å². The molecule has 0 amide bonds. The number of hydrogen-bond donors (Lipinski definition) is 1. The molecule has 0 aromatic heterocycles. The second kappa shape index (κ2) is 5.43. The van der Waals surface area contributed by atoms with E-state index in [-0.39, 0.29) is 4.90 Å². The number of rotatable bonds is 2. The number of piperazine rings is 1. The van der Waals surface area contributed by atoms with Crippen LogP contribution in [-0.2, 0) is 10.0 Å². The van der Waals surface area contributed by atoms with Crippen molar-refractivity contribution in [2.75, 3.05) is 31.9 Å². The van der Waals surface area contributed by atoms with Crippen LogP contribution in [0.25, 0.3) is 0 Å². The molecule has 21 heavy (non-hydrogen) atoms. The van der Waals surface area contributed by atoms with Crippen LogP contribution < -0.4 is 5.73 Å². The summed E-state index contributed by atoms with van der Waals surface area (Å²) in [5.41, 5.74) is 6.85. The van der Waals surface area contributed by atoms with Crippen LogP contribution in [0.1, 0.15) is 18.4 Å². The molecule has 116 valence electrons. The van der Waals surface area contributed by atoms with E-state index in [2.05, 4.69) is 4.90 Å². The highest BCUT2D eigenvalue weighted by molar-refractivity contribution is 7.89. The summed E-state index contributed by atoms with van der Waals surface area (Å²) >= 11 is 5.99. The van der Waals surface area contributed by atoms with Gasteiger partial charge >= 0.3 is 0 Å². The third-order valence-electron chi connectivity index (χ3n) is 4.53. The third kappa shape index (κ3) is 2.65. The van der Waals surface area contributed by atoms with Crippen LogP contribution in [-0.4, -0.2) is 49.8 Å². The number of fused-ring (bicyclic) bond motifs is 1. The van der Waals surface area contributed by atoms with Gasteiger partial charge in [0, 0.05) is 36.4 Å². The van der Waals surface area contributed by atoms with Gasteiger partial charge in [0.2, 0.25) is 10.0 Å². The highest BCUT2D eigenvalue weighted by Gasteiger charge is 2.37. The molecule has 0 radical (unpaired) electrons. The quantitative estimate of drug-likeness (QED) is 0.839. The molecule has 1 aromatic rings. The maximum absolute atomic E-state index is 12.9. The Kier molecular flexibility index (Phi) is 3.90. The second-order valence-electron chi connectivity index (χ2n) is 5.81. The predicted octanol–water partition coefficient (Wildman–Crippen LogP) is 1.70. The van der Waals surface area contributed by atoms with Gasteiger partial charge in [0.25, 0.3) is 0 Å². The zero-order valence-electron chi connectivity index (χ0n) is 12.0. The normalized spacial score (nSPS) is 24.2. The lowest BCUT2D eigenvalue weighted by Crippen LogP contribution is -2.52. The van der Waals surface area contributed by atoms with Gasteiger partial charge in [-0.05, 0) is 44.0 Å². The Morgan fingerprint density at radius 2 is 2.05 bits per heavy atom. The highest BCUT2D eigenvalue weighted by atomic mass is 35.5. The second-order valence-corrected chi connectivity index (χ2v) is 8.16. The first kappa shape index (κ1) is 15.1. The monoisotopic (exact) mass is 329 g/mol. The van der Waals surface area contributed by atoms with Crippen molar-refractivity contribution in [3.8, 4) is 0 Å². The number of benzene rings is 1. The minimum atomic E-state index is -3.53. The molecule has 3 rings (SSSR count). The van der Waals surface area contributed by atoms with E-state index >= 15 is 0 Å². The van der Waals surface area contributed by atoms with Crippen molar-refractivity contribution in [3.63, 3.8) is 0 Å². The van der Waals surface area contributed by atoms with Crippen LogP contribution in [0, 0.1) is 6.92 Å². The average Bonchev–Trinajstić information content (AvgIpc) is 2.89. The zero-order valence-corrected chi connectivity index (χ0v) is 13.6. The smallest absolute Gasteiger partial charge is 0.243 e. The van der Waals surface area contributed by atoms with Crippen molar-refractivity contribution in [1.82, 2.24) is 9.21 Å². The highest BCUT2D eigenvalue weighted by Crippen LogP contribution is 2.31. The predicted molar refractivity (Wildman–Crippen MR) is 84.0 cm³/mol. The lowest BCUT2D eigenvalue weighted by Gasteiger charge is -2.36. The van der Waals surface area contributed by atoms with E-state index in [0.717, 1.165) is 25.9 Å². The number of sulfonamides is 1. The topological polar surface area (TPSA) is 66.6 Å². The van der Waals surface area contributed by atoms with Gasteiger partial charge in [0.1, 0.15) is 0 Å². The number of nitrogens with zero attached hydrogens (tertiary/aromatic N) is 2. The summed E-state index contributed by atoms with van der Waals surface area (Å²) in [5.74, 6) is 0. The van der Waals surface area contributed by atoms with Crippen LogP contribution in [0.5, 0.6) is 0 Å². The maximum atomic E-state index is 12.9. The van der Waals surface area contributed by atoms with Crippen molar-refractivity contribution in [2.24, 2.45) is 0 Å². The molecule has 0 aliphatic carbocycles. The fourth-order valence-corrected chi connectivity index (χ4v) is 5.30. The minimum absolute atomic E-state index is 0.235. The van der Waals surface area contributed by atoms with E-state index in [1.807, 2.05) is 0 Å². The van der Waals surface area contributed by atoms with Crippen molar-refractivity contribution in [2.45, 2.75) is 30.7 Å². The molecule has 2 aliphatic rings. The Balaban J connectivity index is 1.94. The first-order chi connectivity index (χ1) is 9.89. The summed E-state index contributed by atoms with van der Waals surface area (Å²) in [6.45, 7) is 4.71. The molecule has 2 saturated heterocycles. The Morgan fingerprint density at radius 1 is 1.29 bits per heavy atom. The Morgan fingerprint density at radius 3 is 2.81 bits per heavy atom. The largest absolute Gasteiger partial charge is 0.398 e. The summed E-state index contributed by atoms with van der Waals surface area (Å²) < 4.78 is 27.4. The average molecular weight is 330 g/mol. The van der Waals surface area contributed by atoms with E-state index in [9.17, 15) is 8.42 Å². The lowest BCUT2D eigenvalue weighted by molar-refractivity contribution is 0.158. The van der Waals surface area contributed by atoms with Gasteiger partial charge in [-0.3, -0.25) is 4.90 Å². The Bertz CT molecular complexity index is 662. The first-order valence-corrected chi connectivity index (χ1v) is 9.01. The molecule has 2 fully saturated rings. The Labute approximate surface area is 130 Å². The molecular formula is C14H20ClN3O2S. The summed E-state index contributed by atoms with van der Waals surface area (Å²) in [5, 5.41) is 0.358. The van der Waals surface area contributed by atoms with Gasteiger partial charge in [-0.1, -0.05) is 11.6 Å². The standard InChI is InChI=1S/C14H20ClN3O2S/c1-10-13(16)7-11(15)8-14(10)21(19,20)18-6-5-17-4-2-3-12(17)9-18/h7-8,12H,2-6,9,16H2,1H3.